The molecule has 1 aliphatic rings. The van der Waals surface area contributed by atoms with Gasteiger partial charge in [0.05, 0.1) is 17.7 Å². The fourth-order valence-electron chi connectivity index (χ4n) is 3.28. The van der Waals surface area contributed by atoms with Crippen molar-refractivity contribution in [3.05, 3.63) is 71.1 Å². The van der Waals surface area contributed by atoms with Gasteiger partial charge in [0.2, 0.25) is 5.13 Å². The number of thiazole rings is 1. The maximum atomic E-state index is 5.86. The molecule has 0 N–H and O–H groups in total. The summed E-state index contributed by atoms with van der Waals surface area (Å²) in [5.74, 6) is 1.58. The second kappa shape index (κ2) is 6.52. The van der Waals surface area contributed by atoms with E-state index in [4.69, 9.17) is 14.5 Å². The van der Waals surface area contributed by atoms with Gasteiger partial charge < -0.3 is 9.47 Å². The topological polar surface area (TPSA) is 43.7 Å². The summed E-state index contributed by atoms with van der Waals surface area (Å²) < 4.78 is 11.1. The molecule has 0 saturated carbocycles. The van der Waals surface area contributed by atoms with Gasteiger partial charge in [0, 0.05) is 23.4 Å². The first kappa shape index (κ1) is 16.0. The van der Waals surface area contributed by atoms with E-state index in [1.54, 1.807) is 18.4 Å². The smallest absolute Gasteiger partial charge is 0.210 e. The summed E-state index contributed by atoms with van der Waals surface area (Å²) in [5, 5.41) is 3.13. The summed E-state index contributed by atoms with van der Waals surface area (Å²) in [6.45, 7) is 0.511. The third-order valence-corrected chi connectivity index (χ3v) is 5.56. The number of hydrogen-bond acceptors (Lipinski definition) is 5. The van der Waals surface area contributed by atoms with Crippen molar-refractivity contribution in [2.24, 2.45) is 4.99 Å². The zero-order valence-electron chi connectivity index (χ0n) is 14.7. The van der Waals surface area contributed by atoms with E-state index in [1.807, 2.05) is 42.6 Å². The van der Waals surface area contributed by atoms with Crippen LogP contribution in [0.25, 0.3) is 22.0 Å². The molecule has 2 heterocycles. The lowest BCUT2D eigenvalue weighted by Gasteiger charge is -2.16. The number of nitrogens with zero attached hydrogens (tertiary/aromatic N) is 2. The Labute approximate surface area is 160 Å². The molecule has 0 aliphatic carbocycles. The van der Waals surface area contributed by atoms with Gasteiger partial charge in [-0.2, -0.15) is 0 Å². The standard InChI is InChI=1S/C22H16N2O2S/c1-25-16-9-10-18-19(11-16)26-13-20-21(18)24-22(27-20)23-12-15-7-4-6-14-5-2-3-8-17(14)15/h2-12H,13H2,1H3. The van der Waals surface area contributed by atoms with Gasteiger partial charge in [-0.1, -0.05) is 53.8 Å². The first-order valence-electron chi connectivity index (χ1n) is 8.64. The van der Waals surface area contributed by atoms with E-state index in [0.29, 0.717) is 6.61 Å². The molecule has 27 heavy (non-hydrogen) atoms. The molecule has 0 amide bonds. The van der Waals surface area contributed by atoms with E-state index >= 15 is 0 Å². The van der Waals surface area contributed by atoms with Crippen LogP contribution in [0.2, 0.25) is 0 Å². The van der Waals surface area contributed by atoms with Gasteiger partial charge in [-0.05, 0) is 22.9 Å². The van der Waals surface area contributed by atoms with Crippen molar-refractivity contribution in [2.45, 2.75) is 6.61 Å². The van der Waals surface area contributed by atoms with Crippen molar-refractivity contribution in [1.82, 2.24) is 4.98 Å². The van der Waals surface area contributed by atoms with E-state index in [0.717, 1.165) is 38.3 Å². The van der Waals surface area contributed by atoms with Crippen LogP contribution in [0.5, 0.6) is 11.5 Å². The summed E-state index contributed by atoms with van der Waals surface area (Å²) in [6.07, 6.45) is 1.89. The van der Waals surface area contributed by atoms with E-state index in [-0.39, 0.29) is 0 Å². The molecule has 1 aliphatic heterocycles. The third-order valence-electron chi connectivity index (χ3n) is 4.63. The lowest BCUT2D eigenvalue weighted by atomic mass is 10.1. The normalized spacial score (nSPS) is 12.6. The Kier molecular flexibility index (Phi) is 3.87. The van der Waals surface area contributed by atoms with Gasteiger partial charge in [-0.15, -0.1) is 0 Å². The Morgan fingerprint density at radius 2 is 2.00 bits per heavy atom. The van der Waals surface area contributed by atoms with Crippen LogP contribution in [0.1, 0.15) is 10.4 Å². The molecule has 0 spiro atoms. The summed E-state index contributed by atoms with van der Waals surface area (Å²) in [6, 6.07) is 20.4. The number of benzene rings is 3. The molecule has 0 unspecified atom stereocenters. The van der Waals surface area contributed by atoms with Crippen LogP contribution in [-0.2, 0) is 6.61 Å². The van der Waals surface area contributed by atoms with E-state index in [2.05, 4.69) is 29.3 Å². The highest BCUT2D eigenvalue weighted by atomic mass is 32.1. The first-order chi connectivity index (χ1) is 13.3. The van der Waals surface area contributed by atoms with Gasteiger partial charge in [0.15, 0.2) is 0 Å². The highest BCUT2D eigenvalue weighted by Gasteiger charge is 2.22. The molecule has 5 rings (SSSR count). The predicted octanol–water partition coefficient (Wildman–Crippen LogP) is 5.61. The summed E-state index contributed by atoms with van der Waals surface area (Å²) in [4.78, 5) is 10.5. The van der Waals surface area contributed by atoms with Crippen LogP contribution < -0.4 is 9.47 Å². The maximum Gasteiger partial charge on any atom is 0.210 e. The lowest BCUT2D eigenvalue weighted by Crippen LogP contribution is -2.03. The SMILES string of the molecule is COc1ccc2c(c1)OCc1sc(N=Cc3cccc4ccccc34)nc1-2. The summed E-state index contributed by atoms with van der Waals surface area (Å²) in [5.41, 5.74) is 3.02. The molecule has 3 aromatic carbocycles. The second-order valence-electron chi connectivity index (χ2n) is 6.25. The van der Waals surface area contributed by atoms with Gasteiger partial charge >= 0.3 is 0 Å². The van der Waals surface area contributed by atoms with Crippen molar-refractivity contribution in [3.8, 4) is 22.8 Å². The maximum absolute atomic E-state index is 5.86. The van der Waals surface area contributed by atoms with Gasteiger partial charge in [-0.3, -0.25) is 0 Å². The number of fused-ring (bicyclic) bond motifs is 4. The van der Waals surface area contributed by atoms with Crippen molar-refractivity contribution in [1.29, 1.82) is 0 Å². The second-order valence-corrected chi connectivity index (χ2v) is 7.31. The fourth-order valence-corrected chi connectivity index (χ4v) is 4.11. The fraction of sp³-hybridized carbons (Fsp3) is 0.0909. The van der Waals surface area contributed by atoms with E-state index < -0.39 is 0 Å². The van der Waals surface area contributed by atoms with E-state index in [9.17, 15) is 0 Å². The molecule has 132 valence electrons. The monoisotopic (exact) mass is 372 g/mol. The number of aromatic nitrogens is 1. The minimum Gasteiger partial charge on any atom is -0.497 e. The molecule has 0 atom stereocenters. The predicted molar refractivity (Wildman–Crippen MR) is 110 cm³/mol. The van der Waals surface area contributed by atoms with Gasteiger partial charge in [-0.25, -0.2) is 9.98 Å². The number of ether oxygens (including phenoxy) is 2. The minimum absolute atomic E-state index is 0.511. The Bertz CT molecular complexity index is 1170. The Hall–Kier alpha value is -3.18. The van der Waals surface area contributed by atoms with Crippen LogP contribution in [0, 0.1) is 0 Å². The number of aliphatic imine (C=N–C) groups is 1. The zero-order valence-corrected chi connectivity index (χ0v) is 15.5. The van der Waals surface area contributed by atoms with Crippen LogP contribution in [-0.4, -0.2) is 18.3 Å². The summed E-state index contributed by atoms with van der Waals surface area (Å²) in [7, 11) is 1.65. The highest BCUT2D eigenvalue weighted by Crippen LogP contribution is 2.43. The number of hydrogen-bond donors (Lipinski definition) is 0. The molecule has 0 fully saturated rings. The van der Waals surface area contributed by atoms with Gasteiger partial charge in [0.1, 0.15) is 18.1 Å². The zero-order chi connectivity index (χ0) is 18.2. The van der Waals surface area contributed by atoms with Crippen molar-refractivity contribution < 1.29 is 9.47 Å². The van der Waals surface area contributed by atoms with Crippen molar-refractivity contribution in [3.63, 3.8) is 0 Å². The molecule has 4 nitrogen and oxygen atoms in total. The summed E-state index contributed by atoms with van der Waals surface area (Å²) >= 11 is 1.57. The Morgan fingerprint density at radius 3 is 2.93 bits per heavy atom. The number of rotatable bonds is 3. The average Bonchev–Trinajstić information content (AvgIpc) is 3.15. The minimum atomic E-state index is 0.511. The van der Waals surface area contributed by atoms with Crippen LogP contribution in [0.3, 0.4) is 0 Å². The van der Waals surface area contributed by atoms with Crippen molar-refractivity contribution >= 4 is 33.5 Å². The molecule has 0 radical (unpaired) electrons. The molecule has 5 heteroatoms. The van der Waals surface area contributed by atoms with Crippen LogP contribution in [0.4, 0.5) is 5.13 Å². The van der Waals surface area contributed by atoms with Crippen LogP contribution >= 0.6 is 11.3 Å². The molecule has 0 saturated heterocycles. The molecule has 1 aromatic heterocycles. The first-order valence-corrected chi connectivity index (χ1v) is 9.46. The Morgan fingerprint density at radius 1 is 1.11 bits per heavy atom. The van der Waals surface area contributed by atoms with Crippen LogP contribution in [0.15, 0.2) is 65.7 Å². The Balaban J connectivity index is 1.51. The largest absolute Gasteiger partial charge is 0.497 e. The highest BCUT2D eigenvalue weighted by molar-refractivity contribution is 7.15. The average molecular weight is 372 g/mol. The van der Waals surface area contributed by atoms with E-state index in [1.165, 1.54) is 10.8 Å². The molecular formula is C22H16N2O2S. The van der Waals surface area contributed by atoms with Gasteiger partial charge in [0.25, 0.3) is 0 Å². The quantitative estimate of drug-likeness (QED) is 0.439. The molecule has 4 aromatic rings. The lowest BCUT2D eigenvalue weighted by molar-refractivity contribution is 0.303. The molecular weight excluding hydrogens is 356 g/mol. The number of methoxy groups -OCH3 is 1. The third kappa shape index (κ3) is 2.86. The molecule has 0 bridgehead atoms. The van der Waals surface area contributed by atoms with Crippen molar-refractivity contribution in [2.75, 3.05) is 7.11 Å².